The molecule has 1 heteroatoms. The number of rotatable bonds is 1. The molecule has 3 atom stereocenters. The van der Waals surface area contributed by atoms with E-state index < -0.39 is 0 Å². The Kier molecular flexibility index (Phi) is 1.40. The molecule has 62 valence electrons. The highest BCUT2D eigenvalue weighted by molar-refractivity contribution is 5.10. The Balaban J connectivity index is 1.98. The third-order valence-electron chi connectivity index (χ3n) is 3.22. The third kappa shape index (κ3) is 1.12. The fraction of sp³-hybridized carbons (Fsp3) is 0.800. The molecule has 0 bridgehead atoms. The Morgan fingerprint density at radius 3 is 2.91 bits per heavy atom. The predicted molar refractivity (Wildman–Crippen MR) is 45.4 cm³/mol. The minimum Gasteiger partial charge on any atom is -0.366 e. The molecule has 0 N–H and O–H groups in total. The molecule has 0 aromatic rings. The molecule has 0 amide bonds. The van der Waals surface area contributed by atoms with Crippen LogP contribution < -0.4 is 0 Å². The second-order valence-electron chi connectivity index (χ2n) is 4.24. The Morgan fingerprint density at radius 2 is 2.36 bits per heavy atom. The van der Waals surface area contributed by atoms with E-state index in [9.17, 15) is 0 Å². The molecule has 1 saturated carbocycles. The topological polar surface area (TPSA) is 12.5 Å². The molecule has 2 aliphatic rings. The molecule has 0 aromatic heterocycles. The molecule has 1 aliphatic heterocycles. The number of ether oxygens (including phenoxy) is 1. The first-order valence-corrected chi connectivity index (χ1v) is 4.45. The van der Waals surface area contributed by atoms with Crippen LogP contribution in [0, 0.1) is 5.92 Å². The van der Waals surface area contributed by atoms with Crippen molar-refractivity contribution in [1.29, 1.82) is 0 Å². The van der Waals surface area contributed by atoms with E-state index in [4.69, 9.17) is 4.74 Å². The molecule has 0 aromatic carbocycles. The van der Waals surface area contributed by atoms with Gasteiger partial charge in [0, 0.05) is 0 Å². The quantitative estimate of drug-likeness (QED) is 0.415. The molecule has 0 radical (unpaired) electrons. The first-order chi connectivity index (χ1) is 5.12. The summed E-state index contributed by atoms with van der Waals surface area (Å²) in [7, 11) is 0. The van der Waals surface area contributed by atoms with Crippen LogP contribution in [0.1, 0.15) is 33.1 Å². The van der Waals surface area contributed by atoms with Crippen molar-refractivity contribution in [2.45, 2.75) is 44.8 Å². The number of fused-ring (bicyclic) bond motifs is 1. The predicted octanol–water partition coefficient (Wildman–Crippen LogP) is 2.52. The lowest BCUT2D eigenvalue weighted by Gasteiger charge is -2.22. The van der Waals surface area contributed by atoms with E-state index in [1.54, 1.807) is 0 Å². The SMILES string of the molecule is C=C(C)C1CC[C@@]2(C)OC2C1. The Bertz CT molecular complexity index is 197. The molecular formula is C10H16O. The summed E-state index contributed by atoms with van der Waals surface area (Å²) >= 11 is 0. The maximum atomic E-state index is 5.60. The fourth-order valence-corrected chi connectivity index (χ4v) is 2.09. The zero-order valence-corrected chi connectivity index (χ0v) is 7.39. The normalized spacial score (nSPS) is 48.2. The molecule has 11 heavy (non-hydrogen) atoms. The number of allylic oxidation sites excluding steroid dienone is 1. The molecule has 2 unspecified atom stereocenters. The minimum absolute atomic E-state index is 0.270. The summed E-state index contributed by atoms with van der Waals surface area (Å²) in [5, 5.41) is 0. The first-order valence-electron chi connectivity index (χ1n) is 4.45. The van der Waals surface area contributed by atoms with Gasteiger partial charge in [0.2, 0.25) is 0 Å². The van der Waals surface area contributed by atoms with Gasteiger partial charge in [-0.1, -0.05) is 12.2 Å². The van der Waals surface area contributed by atoms with Crippen molar-refractivity contribution in [3.8, 4) is 0 Å². The van der Waals surface area contributed by atoms with Crippen molar-refractivity contribution in [2.24, 2.45) is 5.92 Å². The van der Waals surface area contributed by atoms with E-state index in [1.807, 2.05) is 0 Å². The number of hydrogen-bond acceptors (Lipinski definition) is 1. The van der Waals surface area contributed by atoms with Crippen molar-refractivity contribution in [3.05, 3.63) is 12.2 Å². The monoisotopic (exact) mass is 152 g/mol. The average molecular weight is 152 g/mol. The van der Waals surface area contributed by atoms with Crippen LogP contribution in [0.25, 0.3) is 0 Å². The van der Waals surface area contributed by atoms with Crippen LogP contribution in [0.15, 0.2) is 12.2 Å². The van der Waals surface area contributed by atoms with E-state index in [2.05, 4.69) is 20.4 Å². The van der Waals surface area contributed by atoms with Gasteiger partial charge in [0.1, 0.15) is 0 Å². The van der Waals surface area contributed by atoms with Gasteiger partial charge in [0.25, 0.3) is 0 Å². The lowest BCUT2D eigenvalue weighted by atomic mass is 9.80. The standard InChI is InChI=1S/C10H16O/c1-7(2)8-4-5-10(3)9(6-8)11-10/h8-9H,1,4-6H2,2-3H3/t8?,9?,10-/m1/s1. The molecule has 1 saturated heterocycles. The summed E-state index contributed by atoms with van der Waals surface area (Å²) in [6.07, 6.45) is 4.28. The lowest BCUT2D eigenvalue weighted by molar-refractivity contribution is 0.303. The number of epoxide rings is 1. The van der Waals surface area contributed by atoms with Gasteiger partial charge in [-0.2, -0.15) is 0 Å². The van der Waals surface area contributed by atoms with Crippen molar-refractivity contribution < 1.29 is 4.74 Å². The highest BCUT2D eigenvalue weighted by Crippen LogP contribution is 2.50. The van der Waals surface area contributed by atoms with Crippen molar-refractivity contribution in [3.63, 3.8) is 0 Å². The maximum absolute atomic E-state index is 5.60. The zero-order chi connectivity index (χ0) is 8.06. The molecule has 2 rings (SSSR count). The van der Waals surface area contributed by atoms with Crippen LogP contribution in [0.3, 0.4) is 0 Å². The van der Waals surface area contributed by atoms with Gasteiger partial charge in [-0.05, 0) is 39.0 Å². The van der Waals surface area contributed by atoms with E-state index in [0.717, 1.165) is 5.92 Å². The highest BCUT2D eigenvalue weighted by Gasteiger charge is 2.55. The zero-order valence-electron chi connectivity index (χ0n) is 7.39. The smallest absolute Gasteiger partial charge is 0.0920 e. The van der Waals surface area contributed by atoms with Crippen molar-refractivity contribution in [1.82, 2.24) is 0 Å². The molecule has 1 aliphatic carbocycles. The van der Waals surface area contributed by atoms with Crippen LogP contribution in [0.2, 0.25) is 0 Å². The molecule has 0 spiro atoms. The van der Waals surface area contributed by atoms with Gasteiger partial charge in [0.05, 0.1) is 11.7 Å². The van der Waals surface area contributed by atoms with Gasteiger partial charge in [0.15, 0.2) is 0 Å². The van der Waals surface area contributed by atoms with Gasteiger partial charge in [-0.3, -0.25) is 0 Å². The van der Waals surface area contributed by atoms with E-state index >= 15 is 0 Å². The maximum Gasteiger partial charge on any atom is 0.0920 e. The lowest BCUT2D eigenvalue weighted by Crippen LogP contribution is -2.21. The summed E-state index contributed by atoms with van der Waals surface area (Å²) in [5.41, 5.74) is 1.61. The number of hydrogen-bond donors (Lipinski definition) is 0. The fourth-order valence-electron chi connectivity index (χ4n) is 2.09. The van der Waals surface area contributed by atoms with E-state index in [1.165, 1.54) is 24.8 Å². The van der Waals surface area contributed by atoms with Gasteiger partial charge < -0.3 is 4.74 Å². The van der Waals surface area contributed by atoms with E-state index in [0.29, 0.717) is 6.10 Å². The third-order valence-corrected chi connectivity index (χ3v) is 3.22. The molecule has 2 fully saturated rings. The van der Waals surface area contributed by atoms with Crippen LogP contribution in [-0.2, 0) is 4.74 Å². The summed E-state index contributed by atoms with van der Waals surface area (Å²) in [6, 6.07) is 0. The van der Waals surface area contributed by atoms with Crippen molar-refractivity contribution in [2.75, 3.05) is 0 Å². The summed E-state index contributed by atoms with van der Waals surface area (Å²) in [4.78, 5) is 0. The van der Waals surface area contributed by atoms with Crippen LogP contribution in [-0.4, -0.2) is 11.7 Å². The van der Waals surface area contributed by atoms with Gasteiger partial charge in [-0.15, -0.1) is 0 Å². The molecular weight excluding hydrogens is 136 g/mol. The second kappa shape index (κ2) is 2.10. The van der Waals surface area contributed by atoms with Gasteiger partial charge >= 0.3 is 0 Å². The van der Waals surface area contributed by atoms with Crippen molar-refractivity contribution >= 4 is 0 Å². The minimum atomic E-state index is 0.270. The van der Waals surface area contributed by atoms with E-state index in [-0.39, 0.29) is 5.60 Å². The molecule has 1 heterocycles. The summed E-state index contributed by atoms with van der Waals surface area (Å²) in [5.74, 6) is 0.732. The Labute approximate surface area is 68.4 Å². The second-order valence-corrected chi connectivity index (χ2v) is 4.24. The Hall–Kier alpha value is -0.300. The van der Waals surface area contributed by atoms with Crippen LogP contribution in [0.4, 0.5) is 0 Å². The first kappa shape index (κ1) is 7.35. The van der Waals surface area contributed by atoms with Crippen LogP contribution >= 0.6 is 0 Å². The average Bonchev–Trinajstić information content (AvgIpc) is 2.58. The summed E-state index contributed by atoms with van der Waals surface area (Å²) in [6.45, 7) is 8.36. The largest absolute Gasteiger partial charge is 0.366 e. The molecule has 1 nitrogen and oxygen atoms in total. The summed E-state index contributed by atoms with van der Waals surface area (Å²) < 4.78 is 5.60. The van der Waals surface area contributed by atoms with Crippen LogP contribution in [0.5, 0.6) is 0 Å². The van der Waals surface area contributed by atoms with Gasteiger partial charge in [-0.25, -0.2) is 0 Å². The Morgan fingerprint density at radius 1 is 1.64 bits per heavy atom. The highest BCUT2D eigenvalue weighted by atomic mass is 16.6.